The summed E-state index contributed by atoms with van der Waals surface area (Å²) in [4.78, 5) is 3.77. The zero-order valence-electron chi connectivity index (χ0n) is 10.6. The van der Waals surface area contributed by atoms with Gasteiger partial charge in [-0.15, -0.1) is 11.8 Å². The zero-order valence-corrected chi connectivity index (χ0v) is 12.1. The maximum absolute atomic E-state index is 12.4. The molecule has 0 fully saturated rings. The third-order valence-electron chi connectivity index (χ3n) is 2.37. The van der Waals surface area contributed by atoms with Crippen molar-refractivity contribution in [2.24, 2.45) is 0 Å². The van der Waals surface area contributed by atoms with Crippen molar-refractivity contribution in [1.82, 2.24) is 10.3 Å². The van der Waals surface area contributed by atoms with Gasteiger partial charge in [0.2, 0.25) is 0 Å². The van der Waals surface area contributed by atoms with Gasteiger partial charge in [0.1, 0.15) is 5.03 Å². The van der Waals surface area contributed by atoms with Crippen LogP contribution in [0, 0.1) is 0 Å². The molecule has 0 saturated heterocycles. The average molecular weight is 313 g/mol. The van der Waals surface area contributed by atoms with Crippen LogP contribution in [0.2, 0.25) is 5.02 Å². The number of nitrogens with one attached hydrogen (secondary N) is 1. The van der Waals surface area contributed by atoms with Crippen LogP contribution in [0.25, 0.3) is 0 Å². The molecule has 1 aromatic rings. The standard InChI is InChI=1S/C12H16ClF3N2S/c1-2-17-5-3-4-6-19-11-10(13)7-9(8-18-11)12(14,15)16/h7-8,17H,2-6H2,1H3. The maximum atomic E-state index is 12.4. The number of rotatable bonds is 7. The van der Waals surface area contributed by atoms with E-state index in [1.165, 1.54) is 11.8 Å². The molecule has 0 aliphatic carbocycles. The van der Waals surface area contributed by atoms with Crippen molar-refractivity contribution < 1.29 is 13.2 Å². The normalized spacial score (nSPS) is 11.8. The van der Waals surface area contributed by atoms with Crippen LogP contribution in [0.5, 0.6) is 0 Å². The second-order valence-corrected chi connectivity index (χ2v) is 5.41. The molecule has 0 aliphatic rings. The Kier molecular flexibility index (Phi) is 6.96. The highest BCUT2D eigenvalue weighted by Crippen LogP contribution is 2.33. The van der Waals surface area contributed by atoms with Crippen molar-refractivity contribution in [2.45, 2.75) is 31.0 Å². The van der Waals surface area contributed by atoms with Crippen LogP contribution in [0.15, 0.2) is 17.3 Å². The Bertz CT molecular complexity index is 399. The molecule has 0 spiro atoms. The molecule has 1 rings (SSSR count). The van der Waals surface area contributed by atoms with Crippen LogP contribution in [0.4, 0.5) is 13.2 Å². The van der Waals surface area contributed by atoms with E-state index in [4.69, 9.17) is 11.6 Å². The zero-order chi connectivity index (χ0) is 14.3. The first kappa shape index (κ1) is 16.6. The van der Waals surface area contributed by atoms with Crippen LogP contribution < -0.4 is 5.32 Å². The summed E-state index contributed by atoms with van der Waals surface area (Å²) in [6, 6.07) is 0.926. The van der Waals surface area contributed by atoms with E-state index >= 15 is 0 Å². The minimum atomic E-state index is -4.40. The Morgan fingerprint density at radius 2 is 2.11 bits per heavy atom. The van der Waals surface area contributed by atoms with E-state index in [1.807, 2.05) is 6.92 Å². The van der Waals surface area contributed by atoms with Gasteiger partial charge in [-0.05, 0) is 37.8 Å². The third-order valence-corrected chi connectivity index (χ3v) is 3.86. The third kappa shape index (κ3) is 6.01. The van der Waals surface area contributed by atoms with Gasteiger partial charge in [0.05, 0.1) is 10.6 Å². The van der Waals surface area contributed by atoms with Crippen LogP contribution in [0.1, 0.15) is 25.3 Å². The minimum Gasteiger partial charge on any atom is -0.317 e. The number of nitrogens with zero attached hydrogens (tertiary/aromatic N) is 1. The molecule has 2 nitrogen and oxygen atoms in total. The van der Waals surface area contributed by atoms with Crippen molar-refractivity contribution in [1.29, 1.82) is 0 Å². The van der Waals surface area contributed by atoms with E-state index in [9.17, 15) is 13.2 Å². The first-order valence-electron chi connectivity index (χ1n) is 6.01. The second-order valence-electron chi connectivity index (χ2n) is 3.92. The molecule has 7 heteroatoms. The van der Waals surface area contributed by atoms with Crippen molar-refractivity contribution in [3.63, 3.8) is 0 Å². The highest BCUT2D eigenvalue weighted by Gasteiger charge is 2.31. The molecule has 0 saturated carbocycles. The van der Waals surface area contributed by atoms with Gasteiger partial charge >= 0.3 is 6.18 Å². The predicted molar refractivity (Wildman–Crippen MR) is 72.8 cm³/mol. The summed E-state index contributed by atoms with van der Waals surface area (Å²) in [5.74, 6) is 0.795. The summed E-state index contributed by atoms with van der Waals surface area (Å²) in [7, 11) is 0. The molecule has 0 bridgehead atoms. The summed E-state index contributed by atoms with van der Waals surface area (Å²) in [6.07, 6.45) is -1.58. The Hall–Kier alpha value is -0.460. The predicted octanol–water partition coefficient (Wildman–Crippen LogP) is 4.24. The lowest BCUT2D eigenvalue weighted by Gasteiger charge is -2.08. The SMILES string of the molecule is CCNCCCCSc1ncc(C(F)(F)F)cc1Cl. The van der Waals surface area contributed by atoms with Crippen molar-refractivity contribution in [3.8, 4) is 0 Å². The van der Waals surface area contributed by atoms with Crippen molar-refractivity contribution >= 4 is 23.4 Å². The number of thioether (sulfide) groups is 1. The highest BCUT2D eigenvalue weighted by atomic mass is 35.5. The summed E-state index contributed by atoms with van der Waals surface area (Å²) in [5, 5.41) is 3.72. The number of hydrogen-bond donors (Lipinski definition) is 1. The topological polar surface area (TPSA) is 24.9 Å². The molecule has 108 valence electrons. The molecule has 19 heavy (non-hydrogen) atoms. The Labute approximate surface area is 120 Å². The Morgan fingerprint density at radius 1 is 1.37 bits per heavy atom. The lowest BCUT2D eigenvalue weighted by Crippen LogP contribution is -2.13. The fraction of sp³-hybridized carbons (Fsp3) is 0.583. The molecular weight excluding hydrogens is 297 g/mol. The molecular formula is C12H16ClF3N2S. The highest BCUT2D eigenvalue weighted by molar-refractivity contribution is 7.99. The van der Waals surface area contributed by atoms with Gasteiger partial charge < -0.3 is 5.32 Å². The largest absolute Gasteiger partial charge is 0.417 e. The molecule has 1 N–H and O–H groups in total. The van der Waals surface area contributed by atoms with E-state index in [-0.39, 0.29) is 5.02 Å². The molecule has 0 radical (unpaired) electrons. The van der Waals surface area contributed by atoms with Gasteiger partial charge in [0.25, 0.3) is 0 Å². The molecule has 1 heterocycles. The molecule has 0 amide bonds. The molecule has 0 atom stereocenters. The number of hydrogen-bond acceptors (Lipinski definition) is 3. The average Bonchev–Trinajstić information content (AvgIpc) is 2.34. The minimum absolute atomic E-state index is 0.0616. The smallest absolute Gasteiger partial charge is 0.317 e. The van der Waals surface area contributed by atoms with Crippen LogP contribution in [-0.2, 0) is 6.18 Å². The van der Waals surface area contributed by atoms with Crippen LogP contribution >= 0.6 is 23.4 Å². The molecule has 0 aromatic carbocycles. The first-order chi connectivity index (χ1) is 8.95. The van der Waals surface area contributed by atoms with Gasteiger partial charge in [-0.2, -0.15) is 13.2 Å². The fourth-order valence-electron chi connectivity index (χ4n) is 1.38. The van der Waals surface area contributed by atoms with Crippen LogP contribution in [-0.4, -0.2) is 23.8 Å². The fourth-order valence-corrected chi connectivity index (χ4v) is 2.58. The van der Waals surface area contributed by atoms with E-state index < -0.39 is 11.7 Å². The summed E-state index contributed by atoms with van der Waals surface area (Å²) < 4.78 is 37.2. The summed E-state index contributed by atoms with van der Waals surface area (Å²) in [6.45, 7) is 3.94. The first-order valence-corrected chi connectivity index (χ1v) is 7.37. The molecule has 0 aliphatic heterocycles. The number of halogens is 4. The van der Waals surface area contributed by atoms with Gasteiger partial charge in [-0.25, -0.2) is 4.98 Å². The molecule has 0 unspecified atom stereocenters. The van der Waals surface area contributed by atoms with E-state index in [0.717, 1.165) is 43.9 Å². The molecule has 1 aromatic heterocycles. The van der Waals surface area contributed by atoms with Gasteiger partial charge in [-0.1, -0.05) is 18.5 Å². The van der Waals surface area contributed by atoms with Crippen molar-refractivity contribution in [2.75, 3.05) is 18.8 Å². The summed E-state index contributed by atoms with van der Waals surface area (Å²) in [5.41, 5.74) is -0.811. The monoisotopic (exact) mass is 312 g/mol. The van der Waals surface area contributed by atoms with E-state index in [0.29, 0.717) is 5.03 Å². The number of unbranched alkanes of at least 4 members (excludes halogenated alkanes) is 1. The number of alkyl halides is 3. The second kappa shape index (κ2) is 7.97. The number of pyridine rings is 1. The van der Waals surface area contributed by atoms with Gasteiger partial charge in [0.15, 0.2) is 0 Å². The van der Waals surface area contributed by atoms with Gasteiger partial charge in [-0.3, -0.25) is 0 Å². The van der Waals surface area contributed by atoms with E-state index in [1.54, 1.807) is 0 Å². The Morgan fingerprint density at radius 3 is 2.68 bits per heavy atom. The summed E-state index contributed by atoms with van der Waals surface area (Å²) >= 11 is 7.19. The lowest BCUT2D eigenvalue weighted by atomic mass is 10.3. The van der Waals surface area contributed by atoms with Crippen LogP contribution in [0.3, 0.4) is 0 Å². The van der Waals surface area contributed by atoms with Gasteiger partial charge in [0, 0.05) is 6.20 Å². The van der Waals surface area contributed by atoms with E-state index in [2.05, 4.69) is 10.3 Å². The number of aromatic nitrogens is 1. The Balaban J connectivity index is 2.43. The lowest BCUT2D eigenvalue weighted by molar-refractivity contribution is -0.137. The van der Waals surface area contributed by atoms with Crippen molar-refractivity contribution in [3.05, 3.63) is 22.8 Å². The quantitative estimate of drug-likeness (QED) is 0.602. The maximum Gasteiger partial charge on any atom is 0.417 e.